The molecule has 1 aromatic heterocycles. The van der Waals surface area contributed by atoms with Crippen molar-refractivity contribution < 1.29 is 19.1 Å². The van der Waals surface area contributed by atoms with Crippen LogP contribution in [0, 0.1) is 6.92 Å². The van der Waals surface area contributed by atoms with Crippen LogP contribution in [0.25, 0.3) is 0 Å². The maximum atomic E-state index is 12.7. The van der Waals surface area contributed by atoms with E-state index in [2.05, 4.69) is 18.8 Å². The number of nitrogens with one attached hydrogen (secondary N) is 1. The standard InChI is InChI=1S/C23H35N3O4/c1-4-14-29-16-10-21(27)26-12-8-19(9-13-26)22-20(7-6-18(3)25-22)23(28)24-11-17-30-15-5-2/h4,6-7,19H,1,5,8-17H2,2-3H3,(H,24,28). The van der Waals surface area contributed by atoms with Crippen LogP contribution >= 0.6 is 0 Å². The quantitative estimate of drug-likeness (QED) is 0.418. The number of aromatic nitrogens is 1. The molecule has 2 amide bonds. The van der Waals surface area contributed by atoms with Crippen LogP contribution < -0.4 is 5.32 Å². The van der Waals surface area contributed by atoms with Crippen LogP contribution in [-0.2, 0) is 14.3 Å². The predicted octanol–water partition coefficient (Wildman–Crippen LogP) is 2.85. The molecule has 0 bridgehead atoms. The van der Waals surface area contributed by atoms with Gasteiger partial charge in [0.2, 0.25) is 5.91 Å². The van der Waals surface area contributed by atoms with Gasteiger partial charge in [0.15, 0.2) is 0 Å². The zero-order chi connectivity index (χ0) is 21.8. The normalized spacial score (nSPS) is 14.5. The van der Waals surface area contributed by atoms with Gasteiger partial charge in [-0.2, -0.15) is 0 Å². The Morgan fingerprint density at radius 3 is 2.70 bits per heavy atom. The van der Waals surface area contributed by atoms with Crippen molar-refractivity contribution in [2.75, 3.05) is 46.1 Å². The van der Waals surface area contributed by atoms with Crippen molar-refractivity contribution >= 4 is 11.8 Å². The summed E-state index contributed by atoms with van der Waals surface area (Å²) in [6.07, 6.45) is 4.62. The lowest BCUT2D eigenvalue weighted by atomic mass is 9.89. The largest absolute Gasteiger partial charge is 0.380 e. The Balaban J connectivity index is 1.91. The molecule has 1 aromatic rings. The molecule has 1 aliphatic rings. The van der Waals surface area contributed by atoms with E-state index in [0.717, 1.165) is 30.7 Å². The molecule has 0 spiro atoms. The van der Waals surface area contributed by atoms with Gasteiger partial charge in [0.1, 0.15) is 0 Å². The number of likely N-dealkylation sites (tertiary alicyclic amines) is 1. The number of rotatable bonds is 12. The fourth-order valence-electron chi connectivity index (χ4n) is 3.54. The third-order valence-corrected chi connectivity index (χ3v) is 5.12. The summed E-state index contributed by atoms with van der Waals surface area (Å²) in [4.78, 5) is 31.6. The zero-order valence-corrected chi connectivity index (χ0v) is 18.3. The first-order valence-corrected chi connectivity index (χ1v) is 10.9. The van der Waals surface area contributed by atoms with E-state index in [1.807, 2.05) is 24.0 Å². The first kappa shape index (κ1) is 24.0. The first-order chi connectivity index (χ1) is 14.6. The second kappa shape index (κ2) is 13.1. The lowest BCUT2D eigenvalue weighted by Crippen LogP contribution is -2.39. The minimum absolute atomic E-state index is 0.111. The van der Waals surface area contributed by atoms with Crippen molar-refractivity contribution in [3.63, 3.8) is 0 Å². The van der Waals surface area contributed by atoms with Gasteiger partial charge in [-0.05, 0) is 38.3 Å². The fraction of sp³-hybridized carbons (Fsp3) is 0.609. The number of aryl methyl sites for hydroxylation is 1. The molecule has 0 aliphatic carbocycles. The van der Waals surface area contributed by atoms with E-state index in [-0.39, 0.29) is 17.7 Å². The number of pyridine rings is 1. The van der Waals surface area contributed by atoms with Crippen LogP contribution in [0.1, 0.15) is 60.3 Å². The molecule has 7 heteroatoms. The zero-order valence-electron chi connectivity index (χ0n) is 18.3. The molecule has 0 unspecified atom stereocenters. The number of carbonyl (C=O) groups excluding carboxylic acids is 2. The third-order valence-electron chi connectivity index (χ3n) is 5.12. The van der Waals surface area contributed by atoms with E-state index in [0.29, 0.717) is 58.0 Å². The van der Waals surface area contributed by atoms with Gasteiger partial charge in [-0.1, -0.05) is 13.0 Å². The molecule has 0 atom stereocenters. The Morgan fingerprint density at radius 2 is 2.00 bits per heavy atom. The smallest absolute Gasteiger partial charge is 0.253 e. The summed E-state index contributed by atoms with van der Waals surface area (Å²) in [5, 5.41) is 2.93. The van der Waals surface area contributed by atoms with Crippen LogP contribution in [0.5, 0.6) is 0 Å². The third kappa shape index (κ3) is 7.54. The second-order valence-corrected chi connectivity index (χ2v) is 7.52. The molecule has 7 nitrogen and oxygen atoms in total. The highest BCUT2D eigenvalue weighted by Gasteiger charge is 2.27. The Kier molecular flexibility index (Phi) is 10.5. The first-order valence-electron chi connectivity index (χ1n) is 10.9. The maximum absolute atomic E-state index is 12.7. The predicted molar refractivity (Wildman–Crippen MR) is 117 cm³/mol. The summed E-state index contributed by atoms with van der Waals surface area (Å²) in [6.45, 7) is 11.5. The van der Waals surface area contributed by atoms with Gasteiger partial charge in [0, 0.05) is 37.9 Å². The number of carbonyl (C=O) groups is 2. The molecule has 1 fully saturated rings. The average Bonchev–Trinajstić information content (AvgIpc) is 2.76. The number of ether oxygens (including phenoxy) is 2. The van der Waals surface area contributed by atoms with Crippen molar-refractivity contribution in [3.05, 3.63) is 41.7 Å². The minimum atomic E-state index is -0.115. The highest BCUT2D eigenvalue weighted by Crippen LogP contribution is 2.29. The topological polar surface area (TPSA) is 80.8 Å². The fourth-order valence-corrected chi connectivity index (χ4v) is 3.54. The Morgan fingerprint density at radius 1 is 1.23 bits per heavy atom. The molecule has 2 heterocycles. The molecule has 0 aromatic carbocycles. The summed E-state index contributed by atoms with van der Waals surface area (Å²) < 4.78 is 10.7. The molecule has 2 rings (SSSR count). The number of piperidine rings is 1. The van der Waals surface area contributed by atoms with Crippen molar-refractivity contribution in [2.24, 2.45) is 0 Å². The van der Waals surface area contributed by atoms with E-state index in [4.69, 9.17) is 14.5 Å². The Bertz CT molecular complexity index is 700. The molecular weight excluding hydrogens is 382 g/mol. The lowest BCUT2D eigenvalue weighted by Gasteiger charge is -2.32. The molecular formula is C23H35N3O4. The minimum Gasteiger partial charge on any atom is -0.380 e. The van der Waals surface area contributed by atoms with Crippen molar-refractivity contribution in [3.8, 4) is 0 Å². The monoisotopic (exact) mass is 417 g/mol. The molecule has 1 N–H and O–H groups in total. The molecule has 30 heavy (non-hydrogen) atoms. The van der Waals surface area contributed by atoms with E-state index in [1.165, 1.54) is 0 Å². The molecule has 0 saturated carbocycles. The second-order valence-electron chi connectivity index (χ2n) is 7.52. The van der Waals surface area contributed by atoms with Gasteiger partial charge < -0.3 is 19.7 Å². The summed E-state index contributed by atoms with van der Waals surface area (Å²) in [5.74, 6) is 0.165. The Labute approximate surface area is 179 Å². The molecule has 1 aliphatic heterocycles. The number of nitrogens with zero attached hydrogens (tertiary/aromatic N) is 2. The van der Waals surface area contributed by atoms with Gasteiger partial charge in [0.05, 0.1) is 37.5 Å². The highest BCUT2D eigenvalue weighted by atomic mass is 16.5. The van der Waals surface area contributed by atoms with Crippen LogP contribution in [0.15, 0.2) is 24.8 Å². The summed E-state index contributed by atoms with van der Waals surface area (Å²) in [7, 11) is 0. The Hall–Kier alpha value is -2.25. The van der Waals surface area contributed by atoms with Crippen LogP contribution in [0.2, 0.25) is 0 Å². The van der Waals surface area contributed by atoms with Crippen LogP contribution in [0.3, 0.4) is 0 Å². The van der Waals surface area contributed by atoms with E-state index in [9.17, 15) is 9.59 Å². The van der Waals surface area contributed by atoms with Gasteiger partial charge in [0.25, 0.3) is 5.91 Å². The van der Waals surface area contributed by atoms with E-state index >= 15 is 0 Å². The number of hydrogen-bond acceptors (Lipinski definition) is 5. The van der Waals surface area contributed by atoms with Gasteiger partial charge in [-0.25, -0.2) is 0 Å². The number of hydrogen-bond donors (Lipinski definition) is 1. The SMILES string of the molecule is C=CCOCCC(=O)N1CCC(c2nc(C)ccc2C(=O)NCCOCCC)CC1. The average molecular weight is 418 g/mol. The molecule has 1 saturated heterocycles. The van der Waals surface area contributed by atoms with Crippen LogP contribution in [-0.4, -0.2) is 67.8 Å². The summed E-state index contributed by atoms with van der Waals surface area (Å²) in [5.41, 5.74) is 2.35. The van der Waals surface area contributed by atoms with Gasteiger partial charge in [-0.3, -0.25) is 14.6 Å². The highest BCUT2D eigenvalue weighted by molar-refractivity contribution is 5.95. The van der Waals surface area contributed by atoms with E-state index in [1.54, 1.807) is 6.08 Å². The lowest BCUT2D eigenvalue weighted by molar-refractivity contribution is -0.133. The maximum Gasteiger partial charge on any atom is 0.253 e. The van der Waals surface area contributed by atoms with Gasteiger partial charge in [-0.15, -0.1) is 6.58 Å². The van der Waals surface area contributed by atoms with E-state index < -0.39 is 0 Å². The van der Waals surface area contributed by atoms with Gasteiger partial charge >= 0.3 is 0 Å². The molecule has 166 valence electrons. The van der Waals surface area contributed by atoms with Crippen molar-refractivity contribution in [1.82, 2.24) is 15.2 Å². The van der Waals surface area contributed by atoms with Crippen molar-refractivity contribution in [2.45, 2.75) is 45.4 Å². The summed E-state index contributed by atoms with van der Waals surface area (Å²) >= 11 is 0. The van der Waals surface area contributed by atoms with Crippen LogP contribution in [0.4, 0.5) is 0 Å². The number of amides is 2. The molecule has 0 radical (unpaired) electrons. The summed E-state index contributed by atoms with van der Waals surface area (Å²) in [6, 6.07) is 3.72. The van der Waals surface area contributed by atoms with Crippen molar-refractivity contribution in [1.29, 1.82) is 0 Å².